The Morgan fingerprint density at radius 3 is 2.52 bits per heavy atom. The molecule has 0 spiro atoms. The Hall–Kier alpha value is -2.73. The van der Waals surface area contributed by atoms with Gasteiger partial charge in [0, 0.05) is 12.6 Å². The summed E-state index contributed by atoms with van der Waals surface area (Å²) in [6, 6.07) is 18.4. The molecule has 142 valence electrons. The van der Waals surface area contributed by atoms with Crippen molar-refractivity contribution in [2.24, 2.45) is 0 Å². The van der Waals surface area contributed by atoms with Gasteiger partial charge in [-0.3, -0.25) is 9.69 Å². The maximum absolute atomic E-state index is 12.5. The molecular formula is C21H27N5O. The first kappa shape index (κ1) is 19.0. The number of carbonyl (C=O) groups is 1. The molecule has 1 N–H and O–H groups in total. The van der Waals surface area contributed by atoms with Crippen molar-refractivity contribution in [1.29, 1.82) is 0 Å². The quantitative estimate of drug-likeness (QED) is 0.633. The van der Waals surface area contributed by atoms with Gasteiger partial charge >= 0.3 is 0 Å². The number of amides is 1. The van der Waals surface area contributed by atoms with Crippen LogP contribution in [0.1, 0.15) is 19.4 Å². The molecule has 0 unspecified atom stereocenters. The van der Waals surface area contributed by atoms with Crippen LogP contribution in [-0.4, -0.2) is 51.5 Å². The molecule has 0 fully saturated rings. The largest absolute Gasteiger partial charge is 0.353 e. The first-order valence-corrected chi connectivity index (χ1v) is 9.54. The van der Waals surface area contributed by atoms with Gasteiger partial charge < -0.3 is 5.32 Å². The Morgan fingerprint density at radius 1 is 1.07 bits per heavy atom. The van der Waals surface area contributed by atoms with E-state index in [9.17, 15) is 4.79 Å². The lowest BCUT2D eigenvalue weighted by Crippen LogP contribution is -2.45. The lowest BCUT2D eigenvalue weighted by Gasteiger charge is -2.30. The van der Waals surface area contributed by atoms with Gasteiger partial charge in [0.15, 0.2) is 0 Å². The van der Waals surface area contributed by atoms with Gasteiger partial charge in [-0.1, -0.05) is 61.5 Å². The normalized spacial score (nSPS) is 12.4. The number of para-hydroxylation sites is 1. The molecule has 0 saturated heterocycles. The lowest BCUT2D eigenvalue weighted by atomic mass is 10.0. The third kappa shape index (κ3) is 4.92. The van der Waals surface area contributed by atoms with E-state index in [1.54, 1.807) is 4.68 Å². The summed E-state index contributed by atoms with van der Waals surface area (Å²) in [6.07, 6.45) is 0.912. The molecule has 0 bridgehead atoms. The molecule has 3 aromatic rings. The number of hydrogen-bond donors (Lipinski definition) is 1. The van der Waals surface area contributed by atoms with E-state index in [2.05, 4.69) is 58.6 Å². The Kier molecular flexibility index (Phi) is 6.54. The average molecular weight is 365 g/mol. The smallest absolute Gasteiger partial charge is 0.241 e. The first-order chi connectivity index (χ1) is 13.2. The van der Waals surface area contributed by atoms with Crippen LogP contribution in [0.2, 0.25) is 0 Å². The summed E-state index contributed by atoms with van der Waals surface area (Å²) in [5, 5.41) is 11.3. The van der Waals surface area contributed by atoms with Gasteiger partial charge in [0.1, 0.15) is 12.1 Å². The van der Waals surface area contributed by atoms with Crippen LogP contribution in [0.5, 0.6) is 0 Å². The standard InChI is InChI=1S/C21H27N5O/c1-3-25(4-2)18(14-17-10-6-5-7-11-17)15-22-21(27)16-26-20-13-9-8-12-19(20)23-24-26/h5-13,18H,3-4,14-16H2,1-2H3,(H,22,27)/t18-/m0/s1. The van der Waals surface area contributed by atoms with Crippen molar-refractivity contribution in [1.82, 2.24) is 25.2 Å². The van der Waals surface area contributed by atoms with Crippen molar-refractivity contribution in [3.63, 3.8) is 0 Å². The van der Waals surface area contributed by atoms with E-state index in [-0.39, 0.29) is 18.5 Å². The Morgan fingerprint density at radius 2 is 1.78 bits per heavy atom. The zero-order chi connectivity index (χ0) is 19.1. The SMILES string of the molecule is CCN(CC)[C@H](CNC(=O)Cn1nnc2ccccc21)Cc1ccccc1. The average Bonchev–Trinajstić information content (AvgIpc) is 3.10. The number of aromatic nitrogens is 3. The predicted molar refractivity (Wildman–Crippen MR) is 107 cm³/mol. The van der Waals surface area contributed by atoms with Crippen LogP contribution in [0, 0.1) is 0 Å². The second kappa shape index (κ2) is 9.28. The molecule has 3 rings (SSSR count). The summed E-state index contributed by atoms with van der Waals surface area (Å²) < 4.78 is 1.65. The van der Waals surface area contributed by atoms with E-state index in [1.807, 2.05) is 30.3 Å². The van der Waals surface area contributed by atoms with Crippen molar-refractivity contribution < 1.29 is 4.79 Å². The maximum Gasteiger partial charge on any atom is 0.241 e. The Labute approximate surface area is 160 Å². The molecular weight excluding hydrogens is 338 g/mol. The molecule has 2 aromatic carbocycles. The molecule has 6 nitrogen and oxygen atoms in total. The third-order valence-electron chi connectivity index (χ3n) is 4.89. The van der Waals surface area contributed by atoms with Crippen LogP contribution in [0.4, 0.5) is 0 Å². The van der Waals surface area contributed by atoms with Crippen LogP contribution in [0.25, 0.3) is 11.0 Å². The molecule has 0 aliphatic rings. The second-order valence-corrected chi connectivity index (χ2v) is 6.60. The highest BCUT2D eigenvalue weighted by Gasteiger charge is 2.18. The fraction of sp³-hybridized carbons (Fsp3) is 0.381. The lowest BCUT2D eigenvalue weighted by molar-refractivity contribution is -0.122. The zero-order valence-electron chi connectivity index (χ0n) is 16.0. The highest BCUT2D eigenvalue weighted by molar-refractivity contribution is 5.79. The number of likely N-dealkylation sites (N-methyl/N-ethyl adjacent to an activating group) is 1. The molecule has 1 atom stereocenters. The first-order valence-electron chi connectivity index (χ1n) is 9.54. The van der Waals surface area contributed by atoms with Gasteiger partial charge in [0.05, 0.1) is 5.52 Å². The van der Waals surface area contributed by atoms with Crippen LogP contribution in [0.15, 0.2) is 54.6 Å². The number of rotatable bonds is 9. The van der Waals surface area contributed by atoms with Crippen LogP contribution in [0.3, 0.4) is 0 Å². The van der Waals surface area contributed by atoms with Gasteiger partial charge in [0.25, 0.3) is 0 Å². The van der Waals surface area contributed by atoms with Gasteiger partial charge in [0.2, 0.25) is 5.91 Å². The topological polar surface area (TPSA) is 63.1 Å². The number of benzene rings is 2. The minimum atomic E-state index is -0.0455. The van der Waals surface area contributed by atoms with E-state index in [1.165, 1.54) is 5.56 Å². The number of hydrogen-bond acceptors (Lipinski definition) is 4. The summed E-state index contributed by atoms with van der Waals surface area (Å²) >= 11 is 0. The summed E-state index contributed by atoms with van der Waals surface area (Å²) in [4.78, 5) is 14.9. The number of fused-ring (bicyclic) bond motifs is 1. The summed E-state index contributed by atoms with van der Waals surface area (Å²) in [7, 11) is 0. The number of carbonyl (C=O) groups excluding carboxylic acids is 1. The monoisotopic (exact) mass is 365 g/mol. The highest BCUT2D eigenvalue weighted by atomic mass is 16.2. The van der Waals surface area contributed by atoms with Gasteiger partial charge in [-0.25, -0.2) is 4.68 Å². The molecule has 1 aromatic heterocycles. The molecule has 27 heavy (non-hydrogen) atoms. The zero-order valence-corrected chi connectivity index (χ0v) is 16.0. The minimum Gasteiger partial charge on any atom is -0.353 e. The number of nitrogens with zero attached hydrogens (tertiary/aromatic N) is 4. The highest BCUT2D eigenvalue weighted by Crippen LogP contribution is 2.10. The summed E-state index contributed by atoms with van der Waals surface area (Å²) in [6.45, 7) is 7.02. The Balaban J connectivity index is 1.62. The molecule has 0 saturated carbocycles. The van der Waals surface area contributed by atoms with E-state index in [4.69, 9.17) is 0 Å². The van der Waals surface area contributed by atoms with Crippen molar-refractivity contribution >= 4 is 16.9 Å². The van der Waals surface area contributed by atoms with Gasteiger partial charge in [-0.2, -0.15) is 0 Å². The van der Waals surface area contributed by atoms with Crippen molar-refractivity contribution in [3.05, 3.63) is 60.2 Å². The van der Waals surface area contributed by atoms with Crippen molar-refractivity contribution in [2.45, 2.75) is 32.9 Å². The van der Waals surface area contributed by atoms with Crippen LogP contribution >= 0.6 is 0 Å². The van der Waals surface area contributed by atoms with E-state index in [0.717, 1.165) is 30.5 Å². The second-order valence-electron chi connectivity index (χ2n) is 6.60. The Bertz CT molecular complexity index is 857. The van der Waals surface area contributed by atoms with Crippen LogP contribution in [-0.2, 0) is 17.8 Å². The van der Waals surface area contributed by atoms with Crippen molar-refractivity contribution in [2.75, 3.05) is 19.6 Å². The fourth-order valence-corrected chi connectivity index (χ4v) is 3.41. The molecule has 0 aliphatic carbocycles. The van der Waals surface area contributed by atoms with E-state index >= 15 is 0 Å². The van der Waals surface area contributed by atoms with Gasteiger partial charge in [-0.05, 0) is 37.2 Å². The van der Waals surface area contributed by atoms with Gasteiger partial charge in [-0.15, -0.1) is 5.10 Å². The molecule has 1 amide bonds. The molecule has 6 heteroatoms. The fourth-order valence-electron chi connectivity index (χ4n) is 3.41. The van der Waals surface area contributed by atoms with E-state index in [0.29, 0.717) is 6.54 Å². The number of nitrogens with one attached hydrogen (secondary N) is 1. The maximum atomic E-state index is 12.5. The summed E-state index contributed by atoms with van der Waals surface area (Å²) in [5.41, 5.74) is 2.96. The van der Waals surface area contributed by atoms with Crippen molar-refractivity contribution in [3.8, 4) is 0 Å². The predicted octanol–water partition coefficient (Wildman–Crippen LogP) is 2.50. The third-order valence-corrected chi connectivity index (χ3v) is 4.89. The minimum absolute atomic E-state index is 0.0455. The molecule has 1 heterocycles. The molecule has 0 radical (unpaired) electrons. The van der Waals surface area contributed by atoms with E-state index < -0.39 is 0 Å². The van der Waals surface area contributed by atoms with Crippen LogP contribution < -0.4 is 5.32 Å². The molecule has 0 aliphatic heterocycles. The summed E-state index contributed by atoms with van der Waals surface area (Å²) in [5.74, 6) is -0.0455.